The number of carboxylic acids is 1. The molecule has 1 heterocycles. The van der Waals surface area contributed by atoms with Gasteiger partial charge in [0.1, 0.15) is 49.7 Å². The normalized spacial score (nSPS) is 20.6. The van der Waals surface area contributed by atoms with Gasteiger partial charge in [-0.15, -0.1) is 0 Å². The molecule has 0 bridgehead atoms. The van der Waals surface area contributed by atoms with Crippen molar-refractivity contribution in [3.05, 3.63) is 71.8 Å². The Morgan fingerprint density at radius 2 is 1.29 bits per heavy atom. The van der Waals surface area contributed by atoms with Gasteiger partial charge < -0.3 is 60.9 Å². The summed E-state index contributed by atoms with van der Waals surface area (Å²) in [6, 6.07) is 10.0. The van der Waals surface area contributed by atoms with E-state index in [0.717, 1.165) is 40.4 Å². The van der Waals surface area contributed by atoms with Crippen molar-refractivity contribution in [3.8, 4) is 0 Å². The van der Waals surface area contributed by atoms with E-state index in [-0.39, 0.29) is 12.8 Å². The van der Waals surface area contributed by atoms with Crippen LogP contribution in [0.5, 0.6) is 0 Å². The Balaban J connectivity index is 2.00. The van der Waals surface area contributed by atoms with Crippen molar-refractivity contribution in [2.75, 3.05) is 26.9 Å². The summed E-state index contributed by atoms with van der Waals surface area (Å²) in [6.07, 6.45) is -6.29. The lowest BCUT2D eigenvalue weighted by Gasteiger charge is -2.45. The number of hydrogen-bond acceptors (Lipinski definition) is 17. The number of benzene rings is 2. The van der Waals surface area contributed by atoms with Crippen molar-refractivity contribution in [1.29, 1.82) is 0 Å². The highest BCUT2D eigenvalue weighted by Crippen LogP contribution is 2.45. The first-order valence-electron chi connectivity index (χ1n) is 20.3. The Morgan fingerprint density at radius 1 is 0.742 bits per heavy atom. The SMILES string of the molecule is COP(=O)(N[C@@H]1O[C@H](COC(C)=O)[C@@H](OC(C)=O)[C@H](OC(C)=O)[C@H]1NC(C)=O)OC[C@H](NC(=O)[C@H](Cc1ccccc1)NC(=O)[C@@H](N)Cc1ccccc1)C(=O)N[C@@H](C)C(=O)NCC(=O)O. The van der Waals surface area contributed by atoms with Crippen LogP contribution in [0, 0.1) is 0 Å². The quantitative estimate of drug-likeness (QED) is 0.0337. The molecule has 25 heteroatoms. The molecule has 362 valence electrons. The summed E-state index contributed by atoms with van der Waals surface area (Å²) >= 11 is 0. The number of ether oxygens (including phenoxy) is 4. The third kappa shape index (κ3) is 17.9. The van der Waals surface area contributed by atoms with Gasteiger partial charge in [-0.1, -0.05) is 60.7 Å². The molecule has 1 fully saturated rings. The molecule has 1 aliphatic heterocycles. The molecule has 1 aliphatic rings. The minimum absolute atomic E-state index is 0.108. The van der Waals surface area contributed by atoms with Crippen LogP contribution in [-0.2, 0) is 88.6 Å². The molecule has 0 spiro atoms. The molecule has 9 N–H and O–H groups in total. The highest BCUT2D eigenvalue weighted by atomic mass is 31.2. The van der Waals surface area contributed by atoms with Crippen LogP contribution < -0.4 is 37.4 Å². The van der Waals surface area contributed by atoms with Crippen molar-refractivity contribution in [3.63, 3.8) is 0 Å². The van der Waals surface area contributed by atoms with Crippen LogP contribution in [0.15, 0.2) is 60.7 Å². The zero-order valence-corrected chi connectivity index (χ0v) is 37.9. The number of nitrogens with two attached hydrogens (primary N) is 1. The largest absolute Gasteiger partial charge is 0.480 e. The maximum absolute atomic E-state index is 14.4. The molecule has 2 aromatic rings. The van der Waals surface area contributed by atoms with Gasteiger partial charge in [0.25, 0.3) is 0 Å². The fraction of sp³-hybridized carbons (Fsp3) is 0.488. The van der Waals surface area contributed by atoms with E-state index in [1.807, 2.05) is 0 Å². The fourth-order valence-electron chi connectivity index (χ4n) is 6.36. The van der Waals surface area contributed by atoms with E-state index in [2.05, 4.69) is 31.7 Å². The Bertz CT molecular complexity index is 2080. The van der Waals surface area contributed by atoms with Crippen molar-refractivity contribution in [2.24, 2.45) is 5.73 Å². The highest BCUT2D eigenvalue weighted by Gasteiger charge is 2.52. The number of rotatable bonds is 24. The van der Waals surface area contributed by atoms with E-state index in [4.69, 9.17) is 38.8 Å². The first kappa shape index (κ1) is 54.0. The molecule has 5 amide bonds. The summed E-state index contributed by atoms with van der Waals surface area (Å²) < 4.78 is 47.2. The van der Waals surface area contributed by atoms with Crippen LogP contribution >= 0.6 is 7.75 Å². The molecule has 0 saturated carbocycles. The van der Waals surface area contributed by atoms with Gasteiger partial charge in [-0.05, 0) is 24.5 Å². The molecule has 0 radical (unpaired) electrons. The molecule has 2 aromatic carbocycles. The van der Waals surface area contributed by atoms with Gasteiger partial charge in [0.05, 0.1) is 12.6 Å². The second-order valence-electron chi connectivity index (χ2n) is 14.8. The first-order valence-corrected chi connectivity index (χ1v) is 21.9. The van der Waals surface area contributed by atoms with E-state index in [9.17, 15) is 47.7 Å². The molecule has 0 aliphatic carbocycles. The lowest BCUT2D eigenvalue weighted by atomic mass is 9.95. The number of hydrogen-bond donors (Lipinski definition) is 8. The summed E-state index contributed by atoms with van der Waals surface area (Å²) in [5.41, 5.74) is 7.56. The Hall–Kier alpha value is -6.30. The summed E-state index contributed by atoms with van der Waals surface area (Å²) in [4.78, 5) is 114. The average Bonchev–Trinajstić information content (AvgIpc) is 3.25. The molecule has 10 atom stereocenters. The zero-order chi connectivity index (χ0) is 49.1. The highest BCUT2D eigenvalue weighted by molar-refractivity contribution is 7.51. The first-order chi connectivity index (χ1) is 31.1. The molecule has 1 saturated heterocycles. The Labute approximate surface area is 379 Å². The second-order valence-corrected chi connectivity index (χ2v) is 16.7. The third-order valence-electron chi connectivity index (χ3n) is 9.40. The van der Waals surface area contributed by atoms with Crippen LogP contribution in [0.4, 0.5) is 0 Å². The lowest BCUT2D eigenvalue weighted by Crippen LogP contribution is -2.68. The number of aliphatic carboxylic acids is 1. The maximum Gasteiger partial charge on any atom is 0.407 e. The summed E-state index contributed by atoms with van der Waals surface area (Å²) in [6.45, 7) is 3.00. The average molecular weight is 950 g/mol. The lowest BCUT2D eigenvalue weighted by molar-refractivity contribution is -0.225. The van der Waals surface area contributed by atoms with E-state index in [0.29, 0.717) is 5.56 Å². The van der Waals surface area contributed by atoms with Gasteiger partial charge in [-0.3, -0.25) is 47.7 Å². The monoisotopic (exact) mass is 949 g/mol. The van der Waals surface area contributed by atoms with Crippen molar-refractivity contribution >= 4 is 61.2 Å². The van der Waals surface area contributed by atoms with Crippen molar-refractivity contribution < 1.29 is 80.8 Å². The summed E-state index contributed by atoms with van der Waals surface area (Å²) in [7, 11) is -3.91. The molecule has 1 unspecified atom stereocenters. The van der Waals surface area contributed by atoms with Crippen LogP contribution in [0.1, 0.15) is 45.7 Å². The number of carboxylic acid groups (broad SMARTS) is 1. The van der Waals surface area contributed by atoms with E-state index < -0.39 is 136 Å². The van der Waals surface area contributed by atoms with E-state index in [1.54, 1.807) is 60.7 Å². The van der Waals surface area contributed by atoms with Crippen LogP contribution in [0.2, 0.25) is 0 Å². The molecular weight excluding hydrogens is 893 g/mol. The van der Waals surface area contributed by atoms with Crippen LogP contribution in [-0.4, -0.2) is 140 Å². The number of carbonyl (C=O) groups excluding carboxylic acids is 8. The smallest absolute Gasteiger partial charge is 0.407 e. The van der Waals surface area contributed by atoms with Gasteiger partial charge in [0, 0.05) is 41.2 Å². The van der Waals surface area contributed by atoms with Gasteiger partial charge in [-0.25, -0.2) is 4.57 Å². The standard InChI is InChI=1S/C41H56N7O17P/c1-22(37(55)43-19-33(53)54)44-40(58)31(47-39(57)30(18-28-15-11-8-12-16-28)46-38(56)29(42)17-27-13-9-7-10-14-27)20-62-66(59,60-6)48-41-34(45-23(2)49)36(64-26(5)52)35(63-25(4)51)32(65-41)21-61-24(3)50/h7-16,22,29-32,34-36,41H,17-21,42H2,1-6H3,(H,43,55)(H,44,58)(H,45,49)(H,46,56)(H,47,57)(H,48,59)(H,53,54)/t22-,29-,30-,31-,32+,34+,35+,36+,41+,66?/m0/s1. The second kappa shape index (κ2) is 26.0. The maximum atomic E-state index is 14.4. The minimum atomic E-state index is -4.83. The van der Waals surface area contributed by atoms with Crippen molar-refractivity contribution in [1.82, 2.24) is 31.7 Å². The molecular formula is C41H56N7O17P. The van der Waals surface area contributed by atoms with Gasteiger partial charge >= 0.3 is 31.6 Å². The van der Waals surface area contributed by atoms with Gasteiger partial charge in [-0.2, -0.15) is 5.09 Å². The van der Waals surface area contributed by atoms with Crippen LogP contribution in [0.25, 0.3) is 0 Å². The molecule has 66 heavy (non-hydrogen) atoms. The zero-order valence-electron chi connectivity index (χ0n) is 37.0. The number of carbonyl (C=O) groups is 9. The molecule has 0 aromatic heterocycles. The molecule has 3 rings (SSSR count). The van der Waals surface area contributed by atoms with Gasteiger partial charge in [0.2, 0.25) is 29.5 Å². The number of amides is 5. The van der Waals surface area contributed by atoms with E-state index >= 15 is 0 Å². The fourth-order valence-corrected chi connectivity index (χ4v) is 7.53. The topological polar surface area (TPSA) is 345 Å². The van der Waals surface area contributed by atoms with E-state index in [1.165, 1.54) is 6.92 Å². The van der Waals surface area contributed by atoms with Crippen molar-refractivity contribution in [2.45, 2.75) is 102 Å². The third-order valence-corrected chi connectivity index (χ3v) is 10.9. The summed E-state index contributed by atoms with van der Waals surface area (Å²) in [5.74, 6) is -8.45. The minimum Gasteiger partial charge on any atom is -0.480 e. The number of nitrogens with one attached hydrogen (secondary N) is 6. The molecule has 24 nitrogen and oxygen atoms in total. The predicted molar refractivity (Wildman–Crippen MR) is 228 cm³/mol. The summed E-state index contributed by atoms with van der Waals surface area (Å²) in [5, 5.41) is 23.4. The van der Waals surface area contributed by atoms with Crippen LogP contribution in [0.3, 0.4) is 0 Å². The predicted octanol–water partition coefficient (Wildman–Crippen LogP) is -1.51. The van der Waals surface area contributed by atoms with Gasteiger partial charge in [0.15, 0.2) is 12.2 Å². The number of esters is 3. The Morgan fingerprint density at radius 3 is 1.82 bits per heavy atom. The Kier molecular flexibility index (Phi) is 21.3.